The maximum Gasteiger partial charge on any atom is 0.0105 e. The van der Waals surface area contributed by atoms with Crippen LogP contribution in [-0.4, -0.2) is 13.1 Å². The molecule has 0 aliphatic carbocycles. The minimum atomic E-state index is 0.595. The van der Waals surface area contributed by atoms with E-state index in [-0.39, 0.29) is 0 Å². The topological polar surface area (TPSA) is 12.0 Å². The second-order valence-electron chi connectivity index (χ2n) is 6.03. The number of fused-ring (bicyclic) bond motifs is 1. The number of hydrogen-bond donors (Lipinski definition) is 1. The van der Waals surface area contributed by atoms with Crippen molar-refractivity contribution < 1.29 is 0 Å². The van der Waals surface area contributed by atoms with Gasteiger partial charge in [0.05, 0.1) is 0 Å². The van der Waals surface area contributed by atoms with Gasteiger partial charge in [0, 0.05) is 6.04 Å². The van der Waals surface area contributed by atoms with Gasteiger partial charge in [-0.05, 0) is 36.2 Å². The van der Waals surface area contributed by atoms with Gasteiger partial charge < -0.3 is 5.32 Å². The molecule has 1 heteroatoms. The Kier molecular flexibility index (Phi) is 6.75. The van der Waals surface area contributed by atoms with E-state index in [1.165, 1.54) is 54.9 Å². The molecule has 0 fully saturated rings. The molecule has 0 amide bonds. The van der Waals surface area contributed by atoms with Gasteiger partial charge in [-0.1, -0.05) is 81.5 Å². The Morgan fingerprint density at radius 1 is 0.905 bits per heavy atom. The Balaban J connectivity index is 1.94. The molecule has 0 aromatic heterocycles. The highest BCUT2D eigenvalue weighted by Crippen LogP contribution is 2.21. The molecule has 1 atom stereocenters. The van der Waals surface area contributed by atoms with E-state index in [4.69, 9.17) is 0 Å². The van der Waals surface area contributed by atoms with Crippen molar-refractivity contribution in [2.75, 3.05) is 7.05 Å². The van der Waals surface area contributed by atoms with Crippen LogP contribution in [0.4, 0.5) is 0 Å². The van der Waals surface area contributed by atoms with Crippen LogP contribution in [0.5, 0.6) is 0 Å². The molecule has 0 aliphatic heterocycles. The second kappa shape index (κ2) is 8.84. The highest BCUT2D eigenvalue weighted by atomic mass is 14.9. The van der Waals surface area contributed by atoms with Gasteiger partial charge in [0.1, 0.15) is 0 Å². The molecule has 114 valence electrons. The van der Waals surface area contributed by atoms with Gasteiger partial charge in [-0.2, -0.15) is 0 Å². The third-order valence-electron chi connectivity index (χ3n) is 4.41. The largest absolute Gasteiger partial charge is 0.317 e. The Labute approximate surface area is 129 Å². The Morgan fingerprint density at radius 3 is 2.48 bits per heavy atom. The van der Waals surface area contributed by atoms with Crippen molar-refractivity contribution in [3.05, 3.63) is 48.0 Å². The molecule has 0 heterocycles. The molecule has 0 saturated carbocycles. The minimum Gasteiger partial charge on any atom is -0.317 e. The lowest BCUT2D eigenvalue weighted by molar-refractivity contribution is 0.483. The molecule has 0 radical (unpaired) electrons. The third kappa shape index (κ3) is 4.86. The van der Waals surface area contributed by atoms with Crippen molar-refractivity contribution in [2.45, 2.75) is 57.9 Å². The molecule has 1 unspecified atom stereocenters. The van der Waals surface area contributed by atoms with Crippen LogP contribution in [-0.2, 0) is 6.42 Å². The summed E-state index contributed by atoms with van der Waals surface area (Å²) >= 11 is 0. The Hall–Kier alpha value is -1.34. The van der Waals surface area contributed by atoms with E-state index in [1.807, 2.05) is 0 Å². The van der Waals surface area contributed by atoms with Crippen LogP contribution in [0.15, 0.2) is 42.5 Å². The van der Waals surface area contributed by atoms with Gasteiger partial charge in [0.15, 0.2) is 0 Å². The van der Waals surface area contributed by atoms with Crippen LogP contribution < -0.4 is 5.32 Å². The molecule has 21 heavy (non-hydrogen) atoms. The molecule has 0 saturated heterocycles. The molecule has 0 aliphatic rings. The smallest absolute Gasteiger partial charge is 0.0105 e. The number of rotatable bonds is 9. The van der Waals surface area contributed by atoms with Crippen molar-refractivity contribution >= 4 is 10.8 Å². The van der Waals surface area contributed by atoms with Crippen LogP contribution >= 0.6 is 0 Å². The van der Waals surface area contributed by atoms with Crippen LogP contribution in [0.1, 0.15) is 51.0 Å². The maximum atomic E-state index is 3.51. The van der Waals surface area contributed by atoms with Gasteiger partial charge in [-0.25, -0.2) is 0 Å². The SMILES string of the molecule is CCCCCCCC(Cc1cccc2ccccc12)NC. The van der Waals surface area contributed by atoms with E-state index in [2.05, 4.69) is 61.8 Å². The first-order valence-corrected chi connectivity index (χ1v) is 8.49. The summed E-state index contributed by atoms with van der Waals surface area (Å²) in [6.45, 7) is 2.27. The zero-order valence-electron chi connectivity index (χ0n) is 13.6. The fraction of sp³-hybridized carbons (Fsp3) is 0.500. The maximum absolute atomic E-state index is 3.51. The number of hydrogen-bond acceptors (Lipinski definition) is 1. The molecule has 2 rings (SSSR count). The van der Waals surface area contributed by atoms with E-state index < -0.39 is 0 Å². The van der Waals surface area contributed by atoms with E-state index in [1.54, 1.807) is 0 Å². The average Bonchev–Trinajstić information content (AvgIpc) is 2.53. The van der Waals surface area contributed by atoms with Crippen molar-refractivity contribution in [3.63, 3.8) is 0 Å². The molecule has 1 nitrogen and oxygen atoms in total. The average molecular weight is 283 g/mol. The zero-order chi connectivity index (χ0) is 14.9. The van der Waals surface area contributed by atoms with Crippen molar-refractivity contribution in [1.82, 2.24) is 5.32 Å². The Morgan fingerprint density at radius 2 is 1.67 bits per heavy atom. The van der Waals surface area contributed by atoms with Gasteiger partial charge >= 0.3 is 0 Å². The lowest BCUT2D eigenvalue weighted by Crippen LogP contribution is -2.27. The summed E-state index contributed by atoms with van der Waals surface area (Å²) < 4.78 is 0. The molecule has 0 spiro atoms. The first-order chi connectivity index (χ1) is 10.3. The first kappa shape index (κ1) is 16.0. The summed E-state index contributed by atoms with van der Waals surface area (Å²) in [7, 11) is 2.10. The van der Waals surface area contributed by atoms with Gasteiger partial charge in [-0.3, -0.25) is 0 Å². The van der Waals surface area contributed by atoms with Crippen LogP contribution in [0.3, 0.4) is 0 Å². The molecular weight excluding hydrogens is 254 g/mol. The standard InChI is InChI=1S/C20H29N/c1-3-4-5-6-7-14-19(21-2)16-18-13-10-12-17-11-8-9-15-20(17)18/h8-13,15,19,21H,3-7,14,16H2,1-2H3. The summed E-state index contributed by atoms with van der Waals surface area (Å²) in [4.78, 5) is 0. The lowest BCUT2D eigenvalue weighted by atomic mass is 9.96. The van der Waals surface area contributed by atoms with E-state index in [9.17, 15) is 0 Å². The number of nitrogens with one attached hydrogen (secondary N) is 1. The minimum absolute atomic E-state index is 0.595. The van der Waals surface area contributed by atoms with E-state index in [0.717, 1.165) is 6.42 Å². The zero-order valence-corrected chi connectivity index (χ0v) is 13.6. The highest BCUT2D eigenvalue weighted by Gasteiger charge is 2.09. The summed E-state index contributed by atoms with van der Waals surface area (Å²) in [6, 6.07) is 16.0. The summed E-state index contributed by atoms with van der Waals surface area (Å²) in [5.74, 6) is 0. The van der Waals surface area contributed by atoms with Crippen molar-refractivity contribution in [3.8, 4) is 0 Å². The number of likely N-dealkylation sites (N-methyl/N-ethyl adjacent to an activating group) is 1. The van der Waals surface area contributed by atoms with Crippen LogP contribution in [0.2, 0.25) is 0 Å². The normalized spacial score (nSPS) is 12.7. The summed E-state index contributed by atoms with van der Waals surface area (Å²) in [5, 5.41) is 6.27. The Bertz CT molecular complexity index is 527. The van der Waals surface area contributed by atoms with Crippen molar-refractivity contribution in [2.24, 2.45) is 0 Å². The van der Waals surface area contributed by atoms with Crippen LogP contribution in [0, 0.1) is 0 Å². The van der Waals surface area contributed by atoms with E-state index in [0.29, 0.717) is 6.04 Å². The fourth-order valence-corrected chi connectivity index (χ4v) is 3.08. The summed E-state index contributed by atoms with van der Waals surface area (Å²) in [6.07, 6.45) is 9.23. The quantitative estimate of drug-likeness (QED) is 0.613. The fourth-order valence-electron chi connectivity index (χ4n) is 3.08. The van der Waals surface area contributed by atoms with Crippen molar-refractivity contribution in [1.29, 1.82) is 0 Å². The molecule has 2 aromatic carbocycles. The van der Waals surface area contributed by atoms with E-state index >= 15 is 0 Å². The van der Waals surface area contributed by atoms with Gasteiger partial charge in [-0.15, -0.1) is 0 Å². The monoisotopic (exact) mass is 283 g/mol. The second-order valence-corrected chi connectivity index (χ2v) is 6.03. The summed E-state index contributed by atoms with van der Waals surface area (Å²) in [5.41, 5.74) is 1.47. The van der Waals surface area contributed by atoms with Gasteiger partial charge in [0.25, 0.3) is 0 Å². The lowest BCUT2D eigenvalue weighted by Gasteiger charge is -2.17. The van der Waals surface area contributed by atoms with Gasteiger partial charge in [0.2, 0.25) is 0 Å². The molecule has 2 aromatic rings. The molecular formula is C20H29N. The van der Waals surface area contributed by atoms with Crippen LogP contribution in [0.25, 0.3) is 10.8 Å². The predicted molar refractivity (Wildman–Crippen MR) is 93.9 cm³/mol. The molecule has 0 bridgehead atoms. The third-order valence-corrected chi connectivity index (χ3v) is 4.41. The first-order valence-electron chi connectivity index (χ1n) is 8.49. The number of benzene rings is 2. The predicted octanol–water partition coefficient (Wildman–Crippen LogP) is 5.33. The highest BCUT2D eigenvalue weighted by molar-refractivity contribution is 5.85. The number of unbranched alkanes of at least 4 members (excludes halogenated alkanes) is 4. The molecule has 1 N–H and O–H groups in total.